The Morgan fingerprint density at radius 2 is 1.72 bits per heavy atom. The number of hydrogen-bond donors (Lipinski definition) is 1. The van der Waals surface area contributed by atoms with Crippen LogP contribution in [-0.2, 0) is 35.6 Å². The summed E-state index contributed by atoms with van der Waals surface area (Å²) in [6.45, 7) is 0.0448. The van der Waals surface area contributed by atoms with Crippen LogP contribution in [0.5, 0.6) is 0 Å². The van der Waals surface area contributed by atoms with Crippen molar-refractivity contribution in [2.45, 2.75) is 11.4 Å². The maximum Gasteiger partial charge on any atom is 0.355 e. The normalized spacial score (nSPS) is 13.6. The van der Waals surface area contributed by atoms with E-state index < -0.39 is 22.0 Å². The molecule has 0 atom stereocenters. The summed E-state index contributed by atoms with van der Waals surface area (Å²) in [5.41, 5.74) is 0.958. The topological polar surface area (TPSA) is 115 Å². The van der Waals surface area contributed by atoms with Crippen LogP contribution in [0.15, 0.2) is 89.3 Å². The van der Waals surface area contributed by atoms with E-state index in [0.29, 0.717) is 11.4 Å². The summed E-state index contributed by atoms with van der Waals surface area (Å²) in [6, 6.07) is 11.1. The molecule has 0 fully saturated rings. The molecule has 2 aromatic rings. The molecule has 10 heteroatoms. The van der Waals surface area contributed by atoms with Crippen LogP contribution in [0.25, 0.3) is 0 Å². The van der Waals surface area contributed by atoms with Crippen molar-refractivity contribution >= 4 is 27.6 Å². The number of pyridine rings is 1. The monoisotopic (exact) mass is 455 g/mol. The van der Waals surface area contributed by atoms with E-state index in [9.17, 15) is 18.0 Å². The Balaban J connectivity index is 1.91. The zero-order valence-electron chi connectivity index (χ0n) is 17.4. The molecule has 0 amide bonds. The van der Waals surface area contributed by atoms with Crippen molar-refractivity contribution in [2.75, 3.05) is 19.1 Å². The molecular weight excluding hydrogens is 434 g/mol. The number of allylic oxidation sites excluding steroid dienone is 2. The summed E-state index contributed by atoms with van der Waals surface area (Å²) in [4.78, 5) is 30.2. The van der Waals surface area contributed by atoms with Gasteiger partial charge in [0.05, 0.1) is 36.9 Å². The van der Waals surface area contributed by atoms with E-state index in [1.807, 2.05) is 0 Å². The first-order valence-corrected chi connectivity index (χ1v) is 10.9. The fraction of sp³-hybridized carbons (Fsp3) is 0.136. The van der Waals surface area contributed by atoms with Gasteiger partial charge in [-0.15, -0.1) is 0 Å². The summed E-state index contributed by atoms with van der Waals surface area (Å²) < 4.78 is 37.4. The highest BCUT2D eigenvalue weighted by atomic mass is 32.2. The number of aromatic nitrogens is 1. The Morgan fingerprint density at radius 3 is 2.34 bits per heavy atom. The largest absolute Gasteiger partial charge is 0.465 e. The van der Waals surface area contributed by atoms with Crippen LogP contribution >= 0.6 is 0 Å². The Bertz CT molecular complexity index is 1190. The molecule has 1 N–H and O–H groups in total. The molecule has 32 heavy (non-hydrogen) atoms. The van der Waals surface area contributed by atoms with E-state index >= 15 is 0 Å². The van der Waals surface area contributed by atoms with E-state index in [-0.39, 0.29) is 22.7 Å². The molecule has 1 aromatic carbocycles. The number of esters is 2. The average Bonchev–Trinajstić information content (AvgIpc) is 3.05. The molecule has 0 saturated heterocycles. The van der Waals surface area contributed by atoms with Crippen molar-refractivity contribution in [3.63, 3.8) is 0 Å². The summed E-state index contributed by atoms with van der Waals surface area (Å²) in [7, 11) is -1.39. The molecule has 0 radical (unpaired) electrons. The van der Waals surface area contributed by atoms with Crippen LogP contribution in [-0.4, -0.2) is 39.6 Å². The molecule has 9 nitrogen and oxygen atoms in total. The number of benzene rings is 1. The lowest BCUT2D eigenvalue weighted by atomic mass is 10.1. The predicted molar refractivity (Wildman–Crippen MR) is 117 cm³/mol. The Labute approximate surface area is 185 Å². The first-order chi connectivity index (χ1) is 15.4. The summed E-state index contributed by atoms with van der Waals surface area (Å²) >= 11 is 0. The molecule has 3 rings (SSSR count). The molecule has 166 valence electrons. The minimum Gasteiger partial charge on any atom is -0.465 e. The lowest BCUT2D eigenvalue weighted by molar-refractivity contribution is -0.139. The van der Waals surface area contributed by atoms with E-state index in [1.54, 1.807) is 42.7 Å². The fourth-order valence-corrected chi connectivity index (χ4v) is 3.91. The average molecular weight is 455 g/mol. The number of hydrogen-bond acceptors (Lipinski definition) is 8. The van der Waals surface area contributed by atoms with Gasteiger partial charge in [0.2, 0.25) is 10.0 Å². The molecule has 0 spiro atoms. The van der Waals surface area contributed by atoms with Gasteiger partial charge in [-0.3, -0.25) is 4.98 Å². The van der Waals surface area contributed by atoms with Gasteiger partial charge in [0.25, 0.3) is 0 Å². The Morgan fingerprint density at radius 1 is 1.00 bits per heavy atom. The predicted octanol–water partition coefficient (Wildman–Crippen LogP) is 2.05. The van der Waals surface area contributed by atoms with Crippen LogP contribution in [0, 0.1) is 0 Å². The molecule has 1 aliphatic heterocycles. The van der Waals surface area contributed by atoms with Crippen molar-refractivity contribution in [3.8, 4) is 0 Å². The van der Waals surface area contributed by atoms with Gasteiger partial charge >= 0.3 is 11.9 Å². The third-order valence-electron chi connectivity index (χ3n) is 4.48. The summed E-state index contributed by atoms with van der Waals surface area (Å²) in [5, 5.41) is 0. The van der Waals surface area contributed by atoms with Crippen LogP contribution < -0.4 is 9.62 Å². The highest BCUT2D eigenvalue weighted by molar-refractivity contribution is 7.89. The highest BCUT2D eigenvalue weighted by Gasteiger charge is 2.27. The van der Waals surface area contributed by atoms with Crippen molar-refractivity contribution in [1.29, 1.82) is 0 Å². The van der Waals surface area contributed by atoms with Crippen LogP contribution in [0.1, 0.15) is 5.69 Å². The molecule has 2 heterocycles. The number of nitrogens with zero attached hydrogens (tertiary/aromatic N) is 2. The van der Waals surface area contributed by atoms with Crippen LogP contribution in [0.4, 0.5) is 5.69 Å². The number of sulfonamides is 1. The maximum absolute atomic E-state index is 12.6. The highest BCUT2D eigenvalue weighted by Crippen LogP contribution is 2.27. The van der Waals surface area contributed by atoms with Gasteiger partial charge in [-0.05, 0) is 48.6 Å². The first-order valence-electron chi connectivity index (χ1n) is 9.42. The Kier molecular flexibility index (Phi) is 7.18. The summed E-state index contributed by atoms with van der Waals surface area (Å²) in [6.07, 6.45) is 7.78. The fourth-order valence-electron chi connectivity index (χ4n) is 2.91. The lowest BCUT2D eigenvalue weighted by Gasteiger charge is -2.23. The second-order valence-corrected chi connectivity index (χ2v) is 8.22. The number of carbonyl (C=O) groups is 2. The molecule has 1 aromatic heterocycles. The lowest BCUT2D eigenvalue weighted by Crippen LogP contribution is -2.27. The van der Waals surface area contributed by atoms with Gasteiger partial charge in [-0.1, -0.05) is 12.1 Å². The first kappa shape index (κ1) is 22.9. The van der Waals surface area contributed by atoms with E-state index in [4.69, 9.17) is 9.47 Å². The number of rotatable bonds is 7. The second-order valence-electron chi connectivity index (χ2n) is 6.46. The molecule has 0 aliphatic carbocycles. The molecule has 0 bridgehead atoms. The third-order valence-corrected chi connectivity index (χ3v) is 5.90. The number of ether oxygens (including phenoxy) is 2. The molecule has 0 unspecified atom stereocenters. The number of methoxy groups -OCH3 is 2. The quantitative estimate of drug-likeness (QED) is 0.631. The van der Waals surface area contributed by atoms with Crippen molar-refractivity contribution in [2.24, 2.45) is 0 Å². The zero-order valence-corrected chi connectivity index (χ0v) is 18.2. The van der Waals surface area contributed by atoms with Gasteiger partial charge in [0.15, 0.2) is 0 Å². The number of anilines is 1. The zero-order chi connectivity index (χ0) is 23.1. The van der Waals surface area contributed by atoms with E-state index in [0.717, 1.165) is 0 Å². The van der Waals surface area contributed by atoms with Gasteiger partial charge in [0, 0.05) is 18.1 Å². The van der Waals surface area contributed by atoms with Gasteiger partial charge in [-0.2, -0.15) is 0 Å². The molecular formula is C22H21N3O6S. The maximum atomic E-state index is 12.6. The number of nitrogens with one attached hydrogen (secondary N) is 1. The van der Waals surface area contributed by atoms with Gasteiger partial charge < -0.3 is 14.4 Å². The summed E-state index contributed by atoms with van der Waals surface area (Å²) in [5.74, 6) is -1.47. The molecule has 1 aliphatic rings. The van der Waals surface area contributed by atoms with Gasteiger partial charge in [-0.25, -0.2) is 22.7 Å². The van der Waals surface area contributed by atoms with E-state index in [2.05, 4.69) is 9.71 Å². The van der Waals surface area contributed by atoms with E-state index in [1.165, 1.54) is 49.5 Å². The smallest absolute Gasteiger partial charge is 0.355 e. The standard InChI is InChI=1S/C22H21N3O6S/c1-30-21(26)19-8-4-6-14-25(20(19)22(27)31-2)17-9-11-18(12-10-17)32(28,29)24-15-16-7-3-5-13-23-16/h3-14,24H,15H2,1-2H3. The van der Waals surface area contributed by atoms with Crippen molar-refractivity contribution in [3.05, 3.63) is 90.1 Å². The van der Waals surface area contributed by atoms with Crippen molar-refractivity contribution < 1.29 is 27.5 Å². The minimum absolute atomic E-state index is 0.00178. The van der Waals surface area contributed by atoms with Crippen LogP contribution in [0.3, 0.4) is 0 Å². The van der Waals surface area contributed by atoms with Crippen LogP contribution in [0.2, 0.25) is 0 Å². The van der Waals surface area contributed by atoms with Gasteiger partial charge in [0.1, 0.15) is 5.70 Å². The Hall–Kier alpha value is -3.76. The third kappa shape index (κ3) is 5.10. The second kappa shape index (κ2) is 10.0. The number of carbonyl (C=O) groups excluding carboxylic acids is 2. The minimum atomic E-state index is -3.79. The molecule has 0 saturated carbocycles. The van der Waals surface area contributed by atoms with Crippen molar-refractivity contribution in [1.82, 2.24) is 9.71 Å². The SMILES string of the molecule is COC(=O)C1=C(C(=O)OC)N(c2ccc(S(=O)(=O)NCc3ccccn3)cc2)C=CC=C1.